The zero-order valence-electron chi connectivity index (χ0n) is 23.6. The first-order valence-corrected chi connectivity index (χ1v) is 16.9. The quantitative estimate of drug-likeness (QED) is 0.176. The number of nitrogens with zero attached hydrogens (tertiary/aromatic N) is 2. The molecule has 3 rings (SSSR count). The highest BCUT2D eigenvalue weighted by molar-refractivity contribution is 8.01. The Balaban J connectivity index is 1.72. The Labute approximate surface area is 267 Å². The predicted octanol–water partition coefficient (Wildman–Crippen LogP) is 10.3. The number of carbonyl (C=O) groups excluding carboxylic acids is 2. The highest BCUT2D eigenvalue weighted by atomic mass is 35.5. The first-order chi connectivity index (χ1) is 19.7. The van der Waals surface area contributed by atoms with Crippen LogP contribution in [0.4, 0.5) is 17.1 Å². The van der Waals surface area contributed by atoms with Gasteiger partial charge in [-0.2, -0.15) is 0 Å². The Morgan fingerprint density at radius 2 is 1.51 bits per heavy atom. The van der Waals surface area contributed by atoms with Crippen LogP contribution in [0.3, 0.4) is 0 Å². The molecule has 2 aromatic rings. The number of carbonyl (C=O) groups is 2. The summed E-state index contributed by atoms with van der Waals surface area (Å²) in [5.74, 6) is 0.848. The fourth-order valence-corrected chi connectivity index (χ4v) is 6.72. The van der Waals surface area contributed by atoms with E-state index in [1.165, 1.54) is 80.3 Å². The second-order valence-electron chi connectivity index (χ2n) is 10.0. The molecule has 11 heteroatoms. The molecule has 2 aromatic carbocycles. The number of rotatable bonds is 16. The molecule has 6 nitrogen and oxygen atoms in total. The molecule has 1 fully saturated rings. The molecule has 0 aliphatic carbocycles. The topological polar surface area (TPSA) is 73.8 Å². The highest BCUT2D eigenvalue weighted by Crippen LogP contribution is 2.39. The van der Waals surface area contributed by atoms with E-state index in [2.05, 4.69) is 17.7 Å². The summed E-state index contributed by atoms with van der Waals surface area (Å²) in [5.41, 5.74) is 4.41. The molecule has 1 atom stereocenters. The Bertz CT molecular complexity index is 1200. The van der Waals surface area contributed by atoms with E-state index in [0.29, 0.717) is 39.4 Å². The molecule has 1 heterocycles. The average Bonchev–Trinajstić information content (AvgIpc) is 3.22. The van der Waals surface area contributed by atoms with Crippen LogP contribution < -0.4 is 15.8 Å². The number of anilines is 2. The van der Waals surface area contributed by atoms with Crippen molar-refractivity contribution in [1.29, 1.82) is 0 Å². The first kappa shape index (κ1) is 33.9. The van der Waals surface area contributed by atoms with E-state index in [-0.39, 0.29) is 21.9 Å². The van der Waals surface area contributed by atoms with Crippen LogP contribution in [0, 0.1) is 0 Å². The monoisotopic (exact) mass is 658 g/mol. The van der Waals surface area contributed by atoms with Crippen LogP contribution in [0.25, 0.3) is 0 Å². The Morgan fingerprint density at radius 1 is 0.902 bits per heavy atom. The molecule has 0 saturated carbocycles. The van der Waals surface area contributed by atoms with Crippen LogP contribution in [-0.2, 0) is 9.59 Å². The predicted molar refractivity (Wildman–Crippen MR) is 178 cm³/mol. The van der Waals surface area contributed by atoms with E-state index >= 15 is 0 Å². The number of nitrogens with one attached hydrogen (secondary N) is 2. The number of thioether (sulfide) groups is 1. The number of hydrogen-bond donors (Lipinski definition) is 2. The molecule has 2 amide bonds. The van der Waals surface area contributed by atoms with Gasteiger partial charge in [0, 0.05) is 17.1 Å². The van der Waals surface area contributed by atoms with Crippen molar-refractivity contribution in [1.82, 2.24) is 5.43 Å². The lowest BCUT2D eigenvalue weighted by atomic mass is 10.1. The Kier molecular flexibility index (Phi) is 14.4. The van der Waals surface area contributed by atoms with Crippen LogP contribution in [0.5, 0.6) is 0 Å². The number of halogens is 4. The molecule has 0 spiro atoms. The van der Waals surface area contributed by atoms with Crippen LogP contribution in [0.1, 0.15) is 84.5 Å². The van der Waals surface area contributed by atoms with Gasteiger partial charge in [-0.1, -0.05) is 118 Å². The van der Waals surface area contributed by atoms with Crippen molar-refractivity contribution in [3.8, 4) is 0 Å². The molecule has 1 unspecified atom stereocenters. The minimum atomic E-state index is -0.610. The third kappa shape index (κ3) is 10.2. The number of amides is 2. The summed E-state index contributed by atoms with van der Waals surface area (Å²) in [6, 6.07) is 8.14. The van der Waals surface area contributed by atoms with Gasteiger partial charge in [-0.15, -0.1) is 11.8 Å². The lowest BCUT2D eigenvalue weighted by molar-refractivity contribution is -0.117. The summed E-state index contributed by atoms with van der Waals surface area (Å²) in [4.78, 5) is 30.3. The lowest BCUT2D eigenvalue weighted by Gasteiger charge is -2.19. The molecule has 0 aromatic heterocycles. The third-order valence-corrected chi connectivity index (χ3v) is 9.10. The van der Waals surface area contributed by atoms with Crippen LogP contribution in [0.15, 0.2) is 35.3 Å². The minimum absolute atomic E-state index is 0.122. The molecule has 224 valence electrons. The highest BCUT2D eigenvalue weighted by Gasteiger charge is 2.40. The number of amidine groups is 1. The number of hydrazine groups is 1. The summed E-state index contributed by atoms with van der Waals surface area (Å²) in [6.07, 6.45) is 12.8. The molecule has 1 saturated heterocycles. The number of unbranched alkanes of at least 4 members (excludes halogenated alkanes) is 9. The van der Waals surface area contributed by atoms with Crippen molar-refractivity contribution in [3.63, 3.8) is 0 Å². The first-order valence-electron chi connectivity index (χ1n) is 14.3. The second kappa shape index (κ2) is 17.5. The van der Waals surface area contributed by atoms with Crippen molar-refractivity contribution in [2.45, 2.75) is 89.7 Å². The summed E-state index contributed by atoms with van der Waals surface area (Å²) in [6.45, 7) is 4.02. The van der Waals surface area contributed by atoms with E-state index in [1.54, 1.807) is 25.1 Å². The van der Waals surface area contributed by atoms with Crippen molar-refractivity contribution in [2.75, 3.05) is 16.1 Å². The lowest BCUT2D eigenvalue weighted by Crippen LogP contribution is -2.36. The van der Waals surface area contributed by atoms with Crippen LogP contribution in [-0.4, -0.2) is 28.7 Å². The Hall–Kier alpha value is -1.64. The third-order valence-electron chi connectivity index (χ3n) is 6.70. The van der Waals surface area contributed by atoms with Gasteiger partial charge in [-0.25, -0.2) is 10.0 Å². The summed E-state index contributed by atoms with van der Waals surface area (Å²) in [7, 11) is 0. The van der Waals surface area contributed by atoms with Gasteiger partial charge in [0.15, 0.2) is 0 Å². The molecule has 0 radical (unpaired) electrons. The molecular formula is C30H38Cl4N4O2S. The average molecular weight is 661 g/mol. The minimum Gasteiger partial charge on any atom is -0.326 e. The normalized spacial score (nSPS) is 16.0. The van der Waals surface area contributed by atoms with Crippen LogP contribution >= 0.6 is 58.2 Å². The van der Waals surface area contributed by atoms with E-state index in [1.807, 2.05) is 0 Å². The van der Waals surface area contributed by atoms with E-state index < -0.39 is 5.25 Å². The molecular weight excluding hydrogens is 622 g/mol. The molecule has 2 N–H and O–H groups in total. The molecule has 1 aliphatic rings. The molecule has 41 heavy (non-hydrogen) atoms. The van der Waals surface area contributed by atoms with Gasteiger partial charge < -0.3 is 5.32 Å². The van der Waals surface area contributed by atoms with Crippen molar-refractivity contribution in [3.05, 3.63) is 50.4 Å². The zero-order valence-corrected chi connectivity index (χ0v) is 27.4. The number of hydrogen-bond acceptors (Lipinski definition) is 4. The van der Waals surface area contributed by atoms with E-state index in [4.69, 9.17) is 51.4 Å². The van der Waals surface area contributed by atoms with Gasteiger partial charge >= 0.3 is 0 Å². The Morgan fingerprint density at radius 3 is 2.12 bits per heavy atom. The van der Waals surface area contributed by atoms with E-state index in [9.17, 15) is 9.59 Å². The largest absolute Gasteiger partial charge is 0.326 e. The maximum absolute atomic E-state index is 13.7. The fraction of sp³-hybridized carbons (Fsp3) is 0.500. The SMILES string of the molecule is CCCCCCCCCCCCSC1C(=O)N(c2c(Cl)cc(Cl)cc2Cl)NC1=Nc1cc(NC(=O)CC)ccc1Cl. The van der Waals surface area contributed by atoms with Crippen molar-refractivity contribution in [2.24, 2.45) is 4.99 Å². The summed E-state index contributed by atoms with van der Waals surface area (Å²) < 4.78 is 0. The summed E-state index contributed by atoms with van der Waals surface area (Å²) in [5, 5.41) is 4.77. The fourth-order valence-electron chi connectivity index (χ4n) is 4.46. The molecule has 1 aliphatic heterocycles. The van der Waals surface area contributed by atoms with Gasteiger partial charge in [0.1, 0.15) is 16.8 Å². The van der Waals surface area contributed by atoms with Gasteiger partial charge in [0.05, 0.1) is 20.8 Å². The van der Waals surface area contributed by atoms with Gasteiger partial charge in [0.25, 0.3) is 5.91 Å². The van der Waals surface area contributed by atoms with E-state index in [0.717, 1.165) is 18.6 Å². The van der Waals surface area contributed by atoms with Crippen molar-refractivity contribution >= 4 is 92.9 Å². The molecule has 0 bridgehead atoms. The van der Waals surface area contributed by atoms with Crippen molar-refractivity contribution < 1.29 is 9.59 Å². The standard InChI is InChI=1S/C30H38Cl4N4O2S/c1-3-5-6-7-8-9-10-11-12-13-16-41-28-29(36-25-19-21(14-15-22(25)32)35-26(39)4-2)37-38(30(28)40)27-23(33)17-20(31)18-24(27)34/h14-15,17-19,28H,3-13,16H2,1-2H3,(H,35,39)(H,36,37). The number of benzene rings is 2. The zero-order chi connectivity index (χ0) is 29.8. The smallest absolute Gasteiger partial charge is 0.266 e. The van der Waals surface area contributed by atoms with Crippen LogP contribution in [0.2, 0.25) is 20.1 Å². The van der Waals surface area contributed by atoms with Gasteiger partial charge in [-0.3, -0.25) is 15.0 Å². The summed E-state index contributed by atoms with van der Waals surface area (Å²) >= 11 is 27.0. The number of aliphatic imine (C=N–C) groups is 1. The maximum Gasteiger partial charge on any atom is 0.266 e. The van der Waals surface area contributed by atoms with Gasteiger partial charge in [-0.05, 0) is 42.5 Å². The second-order valence-corrected chi connectivity index (χ2v) is 12.9. The van der Waals surface area contributed by atoms with Gasteiger partial charge in [0.2, 0.25) is 5.91 Å². The maximum atomic E-state index is 13.7.